The van der Waals surface area contributed by atoms with E-state index in [0.29, 0.717) is 13.0 Å². The molecule has 0 aliphatic heterocycles. The molecule has 1 N–H and O–H groups in total. The first-order valence-electron chi connectivity index (χ1n) is 6.12. The summed E-state index contributed by atoms with van der Waals surface area (Å²) in [7, 11) is 0. The predicted octanol–water partition coefficient (Wildman–Crippen LogP) is 2.91. The zero-order valence-electron chi connectivity index (χ0n) is 11.1. The Bertz CT molecular complexity index is 460. The lowest BCUT2D eigenvalue weighted by molar-refractivity contribution is -0.145. The zero-order valence-corrected chi connectivity index (χ0v) is 12.7. The molecule has 0 radical (unpaired) electrons. The molecule has 0 bridgehead atoms. The first kappa shape index (κ1) is 15.7. The van der Waals surface area contributed by atoms with Crippen LogP contribution in [0, 0.1) is 5.92 Å². The number of hydrogen-bond acceptors (Lipinski definition) is 2. The number of nitrogens with zero attached hydrogens (tertiary/aromatic N) is 1. The van der Waals surface area contributed by atoms with Crippen molar-refractivity contribution in [1.29, 1.82) is 0 Å². The minimum absolute atomic E-state index is 0.127. The SMILES string of the molecule is CC(C)CC(=O)N(CC(=O)O)Cc1cccc(Br)c1. The normalized spacial score (nSPS) is 10.5. The Kier molecular flexibility index (Phi) is 6.02. The third-order valence-corrected chi connectivity index (χ3v) is 3.02. The fourth-order valence-electron chi connectivity index (χ4n) is 1.73. The third kappa shape index (κ3) is 5.87. The van der Waals surface area contributed by atoms with Crippen molar-refractivity contribution in [2.45, 2.75) is 26.8 Å². The molecule has 0 fully saturated rings. The molecule has 0 unspecified atom stereocenters. The molecule has 0 spiro atoms. The molecule has 0 aliphatic carbocycles. The van der Waals surface area contributed by atoms with Crippen molar-refractivity contribution in [3.05, 3.63) is 34.3 Å². The Morgan fingerprint density at radius 3 is 2.58 bits per heavy atom. The standard InChI is InChI=1S/C14H18BrNO3/c1-10(2)6-13(17)16(9-14(18)19)8-11-4-3-5-12(15)7-11/h3-5,7,10H,6,8-9H2,1-2H3,(H,18,19). The smallest absolute Gasteiger partial charge is 0.323 e. The van der Waals surface area contributed by atoms with E-state index in [1.165, 1.54) is 4.90 Å². The molecule has 0 atom stereocenters. The van der Waals surface area contributed by atoms with Crippen LogP contribution in [0.5, 0.6) is 0 Å². The van der Waals surface area contributed by atoms with Crippen molar-refractivity contribution < 1.29 is 14.7 Å². The Balaban J connectivity index is 2.79. The maximum absolute atomic E-state index is 12.0. The summed E-state index contributed by atoms with van der Waals surface area (Å²) in [6, 6.07) is 7.52. The highest BCUT2D eigenvalue weighted by atomic mass is 79.9. The molecule has 1 aromatic carbocycles. The average Bonchev–Trinajstić information content (AvgIpc) is 2.26. The molecule has 1 rings (SSSR count). The number of carbonyl (C=O) groups is 2. The van der Waals surface area contributed by atoms with Crippen LogP contribution in [0.3, 0.4) is 0 Å². The van der Waals surface area contributed by atoms with Gasteiger partial charge in [-0.15, -0.1) is 0 Å². The van der Waals surface area contributed by atoms with Crippen LogP contribution in [-0.2, 0) is 16.1 Å². The van der Waals surface area contributed by atoms with E-state index >= 15 is 0 Å². The molecule has 0 aromatic heterocycles. The van der Waals surface area contributed by atoms with E-state index in [1.54, 1.807) is 0 Å². The number of carboxylic acid groups (broad SMARTS) is 1. The second kappa shape index (κ2) is 7.28. The van der Waals surface area contributed by atoms with Gasteiger partial charge < -0.3 is 10.0 Å². The van der Waals surface area contributed by atoms with Crippen molar-refractivity contribution >= 4 is 27.8 Å². The van der Waals surface area contributed by atoms with E-state index in [4.69, 9.17) is 5.11 Å². The fourth-order valence-corrected chi connectivity index (χ4v) is 2.18. The van der Waals surface area contributed by atoms with Crippen molar-refractivity contribution in [3.63, 3.8) is 0 Å². The molecule has 19 heavy (non-hydrogen) atoms. The lowest BCUT2D eigenvalue weighted by Crippen LogP contribution is -2.35. The Labute approximate surface area is 121 Å². The lowest BCUT2D eigenvalue weighted by atomic mass is 10.1. The molecule has 104 valence electrons. The Morgan fingerprint density at radius 1 is 1.37 bits per heavy atom. The summed E-state index contributed by atoms with van der Waals surface area (Å²) in [6.07, 6.45) is 0.362. The summed E-state index contributed by atoms with van der Waals surface area (Å²) in [5.74, 6) is -0.907. The molecule has 0 saturated carbocycles. The molecule has 5 heteroatoms. The molecular formula is C14H18BrNO3. The van der Waals surface area contributed by atoms with Crippen molar-refractivity contribution in [2.24, 2.45) is 5.92 Å². The highest BCUT2D eigenvalue weighted by Gasteiger charge is 2.18. The minimum atomic E-state index is -0.993. The molecular weight excluding hydrogens is 310 g/mol. The molecule has 1 aromatic rings. The van der Waals surface area contributed by atoms with Crippen molar-refractivity contribution in [3.8, 4) is 0 Å². The van der Waals surface area contributed by atoms with Gasteiger partial charge in [0.2, 0.25) is 5.91 Å². The largest absolute Gasteiger partial charge is 0.480 e. The van der Waals surface area contributed by atoms with Gasteiger partial charge in [0, 0.05) is 17.4 Å². The Hall–Kier alpha value is -1.36. The van der Waals surface area contributed by atoms with Gasteiger partial charge in [0.15, 0.2) is 0 Å². The van der Waals surface area contributed by atoms with Crippen molar-refractivity contribution in [2.75, 3.05) is 6.54 Å². The van der Waals surface area contributed by atoms with Crippen LogP contribution in [0.1, 0.15) is 25.8 Å². The van der Waals surface area contributed by atoms with Gasteiger partial charge in [0.05, 0.1) is 0 Å². The number of hydrogen-bond donors (Lipinski definition) is 1. The molecule has 4 nitrogen and oxygen atoms in total. The number of carbonyl (C=O) groups excluding carboxylic acids is 1. The topological polar surface area (TPSA) is 57.6 Å². The highest BCUT2D eigenvalue weighted by Crippen LogP contribution is 2.14. The van der Waals surface area contributed by atoms with Crippen LogP contribution in [0.15, 0.2) is 28.7 Å². The zero-order chi connectivity index (χ0) is 14.4. The molecule has 0 heterocycles. The number of carboxylic acids is 1. The van der Waals surface area contributed by atoms with Crippen LogP contribution in [0.25, 0.3) is 0 Å². The van der Waals surface area contributed by atoms with Gasteiger partial charge in [-0.1, -0.05) is 41.9 Å². The monoisotopic (exact) mass is 327 g/mol. The fraction of sp³-hybridized carbons (Fsp3) is 0.429. The maximum Gasteiger partial charge on any atom is 0.323 e. The lowest BCUT2D eigenvalue weighted by Gasteiger charge is -2.22. The number of halogens is 1. The Morgan fingerprint density at radius 2 is 2.05 bits per heavy atom. The number of benzene rings is 1. The van der Waals surface area contributed by atoms with Gasteiger partial charge in [0.25, 0.3) is 0 Å². The quantitative estimate of drug-likeness (QED) is 0.873. The number of aliphatic carboxylic acids is 1. The highest BCUT2D eigenvalue weighted by molar-refractivity contribution is 9.10. The van der Waals surface area contributed by atoms with Gasteiger partial charge in [-0.05, 0) is 23.6 Å². The van der Waals surface area contributed by atoms with Crippen LogP contribution < -0.4 is 0 Å². The van der Waals surface area contributed by atoms with E-state index in [1.807, 2.05) is 38.1 Å². The molecule has 0 saturated heterocycles. The predicted molar refractivity (Wildman–Crippen MR) is 76.6 cm³/mol. The van der Waals surface area contributed by atoms with E-state index in [9.17, 15) is 9.59 Å². The van der Waals surface area contributed by atoms with Crippen LogP contribution in [-0.4, -0.2) is 28.4 Å². The molecule has 1 amide bonds. The van der Waals surface area contributed by atoms with E-state index in [2.05, 4.69) is 15.9 Å². The summed E-state index contributed by atoms with van der Waals surface area (Å²) >= 11 is 3.36. The van der Waals surface area contributed by atoms with Crippen LogP contribution in [0.2, 0.25) is 0 Å². The first-order chi connectivity index (χ1) is 8.88. The van der Waals surface area contributed by atoms with Gasteiger partial charge in [-0.3, -0.25) is 9.59 Å². The minimum Gasteiger partial charge on any atom is -0.480 e. The van der Waals surface area contributed by atoms with Gasteiger partial charge >= 0.3 is 5.97 Å². The molecule has 0 aliphatic rings. The second-order valence-electron chi connectivity index (χ2n) is 4.87. The van der Waals surface area contributed by atoms with Crippen LogP contribution in [0.4, 0.5) is 0 Å². The van der Waals surface area contributed by atoms with Gasteiger partial charge in [-0.25, -0.2) is 0 Å². The third-order valence-electron chi connectivity index (χ3n) is 2.52. The van der Waals surface area contributed by atoms with Crippen molar-refractivity contribution in [1.82, 2.24) is 4.90 Å². The van der Waals surface area contributed by atoms with E-state index in [-0.39, 0.29) is 18.4 Å². The van der Waals surface area contributed by atoms with Crippen LogP contribution >= 0.6 is 15.9 Å². The summed E-state index contributed by atoms with van der Waals surface area (Å²) in [5.41, 5.74) is 0.910. The summed E-state index contributed by atoms with van der Waals surface area (Å²) in [5, 5.41) is 8.90. The maximum atomic E-state index is 12.0. The number of amides is 1. The average molecular weight is 328 g/mol. The first-order valence-corrected chi connectivity index (χ1v) is 6.91. The van der Waals surface area contributed by atoms with E-state index < -0.39 is 5.97 Å². The summed E-state index contributed by atoms with van der Waals surface area (Å²) < 4.78 is 0.914. The van der Waals surface area contributed by atoms with E-state index in [0.717, 1.165) is 10.0 Å². The second-order valence-corrected chi connectivity index (χ2v) is 5.79. The van der Waals surface area contributed by atoms with Gasteiger partial charge in [-0.2, -0.15) is 0 Å². The number of rotatable bonds is 6. The van der Waals surface area contributed by atoms with Gasteiger partial charge in [0.1, 0.15) is 6.54 Å². The summed E-state index contributed by atoms with van der Waals surface area (Å²) in [6.45, 7) is 3.93. The summed E-state index contributed by atoms with van der Waals surface area (Å²) in [4.78, 5) is 24.3.